The predicted octanol–water partition coefficient (Wildman–Crippen LogP) is 3.75. The number of rotatable bonds is 5. The molecule has 0 aliphatic rings. The van der Waals surface area contributed by atoms with Crippen molar-refractivity contribution in [3.63, 3.8) is 0 Å². The number of hydrogen-bond acceptors (Lipinski definition) is 2. The van der Waals surface area contributed by atoms with Crippen LogP contribution in [-0.4, -0.2) is 7.05 Å². The zero-order valence-corrected chi connectivity index (χ0v) is 10.4. The van der Waals surface area contributed by atoms with E-state index in [1.54, 1.807) is 0 Å². The smallest absolute Gasteiger partial charge is 0.0414 e. The van der Waals surface area contributed by atoms with Crippen molar-refractivity contribution < 1.29 is 0 Å². The lowest BCUT2D eigenvalue weighted by atomic mass is 9.98. The Morgan fingerprint density at radius 1 is 1.43 bits per heavy atom. The van der Waals surface area contributed by atoms with Gasteiger partial charge in [-0.15, -0.1) is 11.3 Å². The molecule has 0 aromatic carbocycles. The van der Waals surface area contributed by atoms with Gasteiger partial charge in [0.2, 0.25) is 0 Å². The Morgan fingerprint density at radius 3 is 2.57 bits per heavy atom. The molecule has 80 valence electrons. The zero-order chi connectivity index (χ0) is 10.6. The first-order valence-corrected chi connectivity index (χ1v) is 6.22. The van der Waals surface area contributed by atoms with Gasteiger partial charge in [-0.2, -0.15) is 0 Å². The fraction of sp³-hybridized carbons (Fsp3) is 0.667. The molecule has 1 aromatic heterocycles. The molecule has 1 heterocycles. The third-order valence-corrected chi connectivity index (χ3v) is 3.90. The van der Waals surface area contributed by atoms with E-state index in [2.05, 4.69) is 45.3 Å². The van der Waals surface area contributed by atoms with E-state index in [4.69, 9.17) is 0 Å². The molecule has 0 saturated carbocycles. The lowest BCUT2D eigenvalue weighted by molar-refractivity contribution is 0.426. The fourth-order valence-electron chi connectivity index (χ4n) is 1.59. The number of thiophene rings is 1. The van der Waals surface area contributed by atoms with Crippen LogP contribution in [0.5, 0.6) is 0 Å². The molecule has 2 unspecified atom stereocenters. The van der Waals surface area contributed by atoms with E-state index < -0.39 is 0 Å². The molecule has 0 aliphatic carbocycles. The zero-order valence-electron chi connectivity index (χ0n) is 9.63. The lowest BCUT2D eigenvalue weighted by Gasteiger charge is -2.18. The van der Waals surface area contributed by atoms with Crippen molar-refractivity contribution in [1.29, 1.82) is 0 Å². The third kappa shape index (κ3) is 3.10. The van der Waals surface area contributed by atoms with Crippen LogP contribution in [-0.2, 0) is 0 Å². The molecular formula is C12H21NS. The van der Waals surface area contributed by atoms with Gasteiger partial charge < -0.3 is 5.32 Å². The summed E-state index contributed by atoms with van der Waals surface area (Å²) in [6.07, 6.45) is 2.51. The molecule has 2 atom stereocenters. The van der Waals surface area contributed by atoms with Gasteiger partial charge in [0.25, 0.3) is 0 Å². The summed E-state index contributed by atoms with van der Waals surface area (Å²) >= 11 is 1.91. The highest BCUT2D eigenvalue weighted by molar-refractivity contribution is 7.12. The highest BCUT2D eigenvalue weighted by Gasteiger charge is 2.13. The van der Waals surface area contributed by atoms with E-state index in [0.717, 1.165) is 5.92 Å². The Bertz CT molecular complexity index is 267. The molecular weight excluding hydrogens is 190 g/mol. The van der Waals surface area contributed by atoms with Crippen LogP contribution in [0, 0.1) is 12.8 Å². The first-order chi connectivity index (χ1) is 6.67. The monoisotopic (exact) mass is 211 g/mol. The minimum absolute atomic E-state index is 0.545. The van der Waals surface area contributed by atoms with E-state index in [0.29, 0.717) is 6.04 Å². The molecule has 1 nitrogen and oxygen atoms in total. The Labute approximate surface area is 91.5 Å². The van der Waals surface area contributed by atoms with Crippen molar-refractivity contribution in [2.24, 2.45) is 5.92 Å². The maximum Gasteiger partial charge on any atom is 0.0414 e. The first-order valence-electron chi connectivity index (χ1n) is 5.41. The van der Waals surface area contributed by atoms with Crippen molar-refractivity contribution in [2.75, 3.05) is 7.05 Å². The second-order valence-corrected chi connectivity index (χ2v) is 5.36. The summed E-state index contributed by atoms with van der Waals surface area (Å²) in [7, 11) is 2.06. The summed E-state index contributed by atoms with van der Waals surface area (Å²) in [6.45, 7) is 6.76. The molecule has 0 aliphatic heterocycles. The van der Waals surface area contributed by atoms with Gasteiger partial charge in [-0.1, -0.05) is 20.3 Å². The summed E-state index contributed by atoms with van der Waals surface area (Å²) in [5, 5.41) is 3.41. The standard InChI is InChI=1S/C12H21NS/c1-5-9(2)8-11(13-4)12-7-6-10(3)14-12/h6-7,9,11,13H,5,8H2,1-4H3. The van der Waals surface area contributed by atoms with Crippen LogP contribution in [0.3, 0.4) is 0 Å². The fourth-order valence-corrected chi connectivity index (χ4v) is 2.59. The highest BCUT2D eigenvalue weighted by Crippen LogP contribution is 2.28. The molecule has 0 spiro atoms. The van der Waals surface area contributed by atoms with Crippen LogP contribution in [0.2, 0.25) is 0 Å². The summed E-state index contributed by atoms with van der Waals surface area (Å²) in [5.41, 5.74) is 0. The van der Waals surface area contributed by atoms with Gasteiger partial charge in [0.1, 0.15) is 0 Å². The average molecular weight is 211 g/mol. The SMILES string of the molecule is CCC(C)CC(NC)c1ccc(C)s1. The van der Waals surface area contributed by atoms with Crippen molar-refractivity contribution in [3.8, 4) is 0 Å². The molecule has 0 bridgehead atoms. The van der Waals surface area contributed by atoms with Crippen LogP contribution in [0.1, 0.15) is 42.5 Å². The van der Waals surface area contributed by atoms with Gasteiger partial charge in [-0.25, -0.2) is 0 Å². The normalized spacial score (nSPS) is 15.4. The van der Waals surface area contributed by atoms with E-state index in [9.17, 15) is 0 Å². The third-order valence-electron chi connectivity index (χ3n) is 2.79. The molecule has 0 amide bonds. The Hall–Kier alpha value is -0.340. The first kappa shape index (κ1) is 11.7. The molecule has 2 heteroatoms. The Balaban J connectivity index is 2.62. The van der Waals surface area contributed by atoms with Gasteiger partial charge in [0.15, 0.2) is 0 Å². The topological polar surface area (TPSA) is 12.0 Å². The van der Waals surface area contributed by atoms with E-state index in [-0.39, 0.29) is 0 Å². The summed E-state index contributed by atoms with van der Waals surface area (Å²) < 4.78 is 0. The molecule has 0 fully saturated rings. The quantitative estimate of drug-likeness (QED) is 0.782. The maximum atomic E-state index is 3.41. The molecule has 1 aromatic rings. The summed E-state index contributed by atoms with van der Waals surface area (Å²) in [4.78, 5) is 2.88. The second-order valence-electron chi connectivity index (χ2n) is 4.04. The van der Waals surface area contributed by atoms with E-state index in [1.165, 1.54) is 22.6 Å². The van der Waals surface area contributed by atoms with Gasteiger partial charge in [-0.3, -0.25) is 0 Å². The van der Waals surface area contributed by atoms with Crippen molar-refractivity contribution in [1.82, 2.24) is 5.32 Å². The average Bonchev–Trinajstić information content (AvgIpc) is 2.60. The largest absolute Gasteiger partial charge is 0.312 e. The van der Waals surface area contributed by atoms with Crippen LogP contribution in [0.25, 0.3) is 0 Å². The van der Waals surface area contributed by atoms with E-state index >= 15 is 0 Å². The Morgan fingerprint density at radius 2 is 2.14 bits per heavy atom. The van der Waals surface area contributed by atoms with Crippen LogP contribution >= 0.6 is 11.3 Å². The minimum Gasteiger partial charge on any atom is -0.312 e. The van der Waals surface area contributed by atoms with Gasteiger partial charge >= 0.3 is 0 Å². The highest BCUT2D eigenvalue weighted by atomic mass is 32.1. The van der Waals surface area contributed by atoms with Crippen LogP contribution < -0.4 is 5.32 Å². The van der Waals surface area contributed by atoms with Crippen molar-refractivity contribution >= 4 is 11.3 Å². The molecule has 0 saturated heterocycles. The second kappa shape index (κ2) is 5.52. The van der Waals surface area contributed by atoms with Gasteiger partial charge in [0, 0.05) is 15.8 Å². The van der Waals surface area contributed by atoms with Crippen LogP contribution in [0.4, 0.5) is 0 Å². The summed E-state index contributed by atoms with van der Waals surface area (Å²) in [6, 6.07) is 5.01. The molecule has 1 rings (SSSR count). The molecule has 14 heavy (non-hydrogen) atoms. The maximum absolute atomic E-state index is 3.41. The van der Waals surface area contributed by atoms with Gasteiger partial charge in [0.05, 0.1) is 0 Å². The molecule has 1 N–H and O–H groups in total. The number of hydrogen-bond donors (Lipinski definition) is 1. The van der Waals surface area contributed by atoms with Crippen LogP contribution in [0.15, 0.2) is 12.1 Å². The predicted molar refractivity (Wildman–Crippen MR) is 64.9 cm³/mol. The van der Waals surface area contributed by atoms with Gasteiger partial charge in [-0.05, 0) is 38.4 Å². The number of aryl methyl sites for hydroxylation is 1. The molecule has 0 radical (unpaired) electrons. The van der Waals surface area contributed by atoms with E-state index in [1.807, 2.05) is 11.3 Å². The number of nitrogens with one attached hydrogen (secondary N) is 1. The van der Waals surface area contributed by atoms with Crippen molar-refractivity contribution in [2.45, 2.75) is 39.7 Å². The van der Waals surface area contributed by atoms with Crippen molar-refractivity contribution in [3.05, 3.63) is 21.9 Å². The minimum atomic E-state index is 0.545. The Kier molecular flexibility index (Phi) is 4.63. The summed E-state index contributed by atoms with van der Waals surface area (Å²) in [5.74, 6) is 0.801. The lowest BCUT2D eigenvalue weighted by Crippen LogP contribution is -2.17.